The van der Waals surface area contributed by atoms with E-state index in [0.29, 0.717) is 0 Å². The maximum absolute atomic E-state index is 12.8. The lowest BCUT2D eigenvalue weighted by Crippen LogP contribution is -2.51. The first-order valence-corrected chi connectivity index (χ1v) is 4.90. The predicted octanol–water partition coefficient (Wildman–Crippen LogP) is 0.513. The number of nitrogens with two attached hydrogens (primary N) is 1. The number of amides is 1. The first kappa shape index (κ1) is 13.2. The second-order valence-corrected chi connectivity index (χ2v) is 3.99. The number of alkyl halides is 3. The summed E-state index contributed by atoms with van der Waals surface area (Å²) in [5.74, 6) is -0.483. The number of methoxy groups -OCH3 is 1. The average Bonchev–Trinajstić information content (AvgIpc) is 2.60. The van der Waals surface area contributed by atoms with Crippen LogP contribution in [0.5, 0.6) is 0 Å². The van der Waals surface area contributed by atoms with E-state index in [1.54, 1.807) is 0 Å². The Balaban J connectivity index is 2.80. The molecule has 0 radical (unpaired) electrons. The van der Waals surface area contributed by atoms with E-state index in [2.05, 4.69) is 4.74 Å². The molecule has 0 unspecified atom stereocenters. The monoisotopic (exact) mass is 240 g/mol. The van der Waals surface area contributed by atoms with E-state index in [4.69, 9.17) is 5.73 Å². The number of rotatable bonds is 2. The molecule has 1 aliphatic heterocycles. The van der Waals surface area contributed by atoms with Gasteiger partial charge in [0.2, 0.25) is 5.91 Å². The van der Waals surface area contributed by atoms with E-state index in [9.17, 15) is 18.0 Å². The van der Waals surface area contributed by atoms with Crippen LogP contribution in [0.1, 0.15) is 13.3 Å². The number of hydrogen-bond acceptors (Lipinski definition) is 3. The average molecular weight is 240 g/mol. The van der Waals surface area contributed by atoms with E-state index in [-0.39, 0.29) is 13.0 Å². The van der Waals surface area contributed by atoms with E-state index in [1.807, 2.05) is 0 Å². The SMILES string of the molecule is CO[C@]1(C(F)(F)F)CCN(C(=O)[C@H](C)N)C1. The van der Waals surface area contributed by atoms with Crippen LogP contribution in [-0.4, -0.2) is 48.8 Å². The molecule has 16 heavy (non-hydrogen) atoms. The fourth-order valence-corrected chi connectivity index (χ4v) is 1.77. The summed E-state index contributed by atoms with van der Waals surface area (Å²) in [6.07, 6.45) is -4.72. The summed E-state index contributed by atoms with van der Waals surface area (Å²) in [4.78, 5) is 12.6. The van der Waals surface area contributed by atoms with Gasteiger partial charge in [0.15, 0.2) is 5.60 Å². The largest absolute Gasteiger partial charge is 0.419 e. The van der Waals surface area contributed by atoms with Gasteiger partial charge in [-0.2, -0.15) is 13.2 Å². The number of nitrogens with zero attached hydrogens (tertiary/aromatic N) is 1. The maximum atomic E-state index is 12.8. The molecule has 0 aliphatic carbocycles. The first-order valence-electron chi connectivity index (χ1n) is 4.90. The molecular formula is C9H15F3N2O2. The number of carbonyl (C=O) groups is 1. The summed E-state index contributed by atoms with van der Waals surface area (Å²) in [5.41, 5.74) is 3.10. The van der Waals surface area contributed by atoms with Gasteiger partial charge in [-0.1, -0.05) is 0 Å². The Hall–Kier alpha value is -0.820. The highest BCUT2D eigenvalue weighted by Gasteiger charge is 2.59. The Kier molecular flexibility index (Phi) is 3.49. The van der Waals surface area contributed by atoms with Crippen LogP contribution in [0.25, 0.3) is 0 Å². The highest BCUT2D eigenvalue weighted by Crippen LogP contribution is 2.40. The van der Waals surface area contributed by atoms with Gasteiger partial charge in [-0.05, 0) is 6.92 Å². The summed E-state index contributed by atoms with van der Waals surface area (Å²) < 4.78 is 42.8. The summed E-state index contributed by atoms with van der Waals surface area (Å²) in [6, 6.07) is -0.791. The lowest BCUT2D eigenvalue weighted by atomic mass is 10.0. The van der Waals surface area contributed by atoms with Crippen LogP contribution in [0, 0.1) is 0 Å². The lowest BCUT2D eigenvalue weighted by molar-refractivity contribution is -0.263. The van der Waals surface area contributed by atoms with Crippen molar-refractivity contribution < 1.29 is 22.7 Å². The fraction of sp³-hybridized carbons (Fsp3) is 0.889. The van der Waals surface area contributed by atoms with Crippen LogP contribution in [-0.2, 0) is 9.53 Å². The number of carbonyl (C=O) groups excluding carboxylic acids is 1. The van der Waals surface area contributed by atoms with E-state index < -0.39 is 30.3 Å². The maximum Gasteiger partial charge on any atom is 0.419 e. The highest BCUT2D eigenvalue weighted by atomic mass is 19.4. The predicted molar refractivity (Wildman–Crippen MR) is 50.6 cm³/mol. The Labute approximate surface area is 91.5 Å². The summed E-state index contributed by atoms with van der Waals surface area (Å²) in [5, 5.41) is 0. The second kappa shape index (κ2) is 4.21. The Morgan fingerprint density at radius 3 is 2.44 bits per heavy atom. The van der Waals surface area contributed by atoms with Gasteiger partial charge in [0.25, 0.3) is 0 Å². The number of ether oxygens (including phenoxy) is 1. The van der Waals surface area contributed by atoms with Crippen molar-refractivity contribution in [3.05, 3.63) is 0 Å². The van der Waals surface area contributed by atoms with Gasteiger partial charge in [-0.15, -0.1) is 0 Å². The molecule has 2 atom stereocenters. The summed E-state index contributed by atoms with van der Waals surface area (Å²) in [7, 11) is 1.01. The van der Waals surface area contributed by atoms with Crippen molar-refractivity contribution in [1.82, 2.24) is 4.90 Å². The molecule has 1 fully saturated rings. The molecule has 0 aromatic carbocycles. The fourth-order valence-electron chi connectivity index (χ4n) is 1.77. The van der Waals surface area contributed by atoms with Crippen LogP contribution < -0.4 is 5.73 Å². The molecule has 4 nitrogen and oxygen atoms in total. The molecule has 1 rings (SSSR count). The minimum Gasteiger partial charge on any atom is -0.367 e. The van der Waals surface area contributed by atoms with Crippen LogP contribution in [0.2, 0.25) is 0 Å². The van der Waals surface area contributed by atoms with Crippen molar-refractivity contribution in [3.8, 4) is 0 Å². The van der Waals surface area contributed by atoms with E-state index in [1.165, 1.54) is 6.92 Å². The molecule has 1 aliphatic rings. The standard InChI is InChI=1S/C9H15F3N2O2/c1-6(13)7(15)14-4-3-8(5-14,16-2)9(10,11)12/h6H,3-5,13H2,1-2H3/t6-,8+/m0/s1. The second-order valence-electron chi connectivity index (χ2n) is 3.99. The van der Waals surface area contributed by atoms with Crippen LogP contribution in [0.15, 0.2) is 0 Å². The molecule has 0 saturated carbocycles. The third-order valence-corrected chi connectivity index (χ3v) is 2.84. The molecule has 1 amide bonds. The van der Waals surface area contributed by atoms with Crippen molar-refractivity contribution in [1.29, 1.82) is 0 Å². The minimum absolute atomic E-state index is 0.0216. The third kappa shape index (κ3) is 2.15. The van der Waals surface area contributed by atoms with Crippen LogP contribution in [0.3, 0.4) is 0 Å². The topological polar surface area (TPSA) is 55.6 Å². The molecular weight excluding hydrogens is 225 g/mol. The smallest absolute Gasteiger partial charge is 0.367 e. The molecule has 0 aromatic heterocycles. The Morgan fingerprint density at radius 2 is 2.12 bits per heavy atom. The molecule has 94 valence electrons. The Bertz CT molecular complexity index is 280. The summed E-state index contributed by atoms with van der Waals surface area (Å²) in [6.45, 7) is 0.990. The number of hydrogen-bond donors (Lipinski definition) is 1. The van der Waals surface area contributed by atoms with Crippen molar-refractivity contribution in [3.63, 3.8) is 0 Å². The molecule has 0 spiro atoms. The van der Waals surface area contributed by atoms with Crippen LogP contribution >= 0.6 is 0 Å². The number of halogens is 3. The van der Waals surface area contributed by atoms with Crippen molar-refractivity contribution in [2.75, 3.05) is 20.2 Å². The van der Waals surface area contributed by atoms with Gasteiger partial charge in [0.1, 0.15) is 0 Å². The number of likely N-dealkylation sites (tertiary alicyclic amines) is 1. The normalized spacial score (nSPS) is 28.2. The molecule has 1 saturated heterocycles. The van der Waals surface area contributed by atoms with Crippen LogP contribution in [0.4, 0.5) is 13.2 Å². The van der Waals surface area contributed by atoms with Crippen molar-refractivity contribution >= 4 is 5.91 Å². The quantitative estimate of drug-likeness (QED) is 0.765. The van der Waals surface area contributed by atoms with Gasteiger partial charge < -0.3 is 15.4 Å². The summed E-state index contributed by atoms with van der Waals surface area (Å²) >= 11 is 0. The van der Waals surface area contributed by atoms with E-state index >= 15 is 0 Å². The molecule has 2 N–H and O–H groups in total. The van der Waals surface area contributed by atoms with Gasteiger partial charge in [-0.3, -0.25) is 4.79 Å². The van der Waals surface area contributed by atoms with Crippen molar-refractivity contribution in [2.45, 2.75) is 31.2 Å². The molecule has 0 bridgehead atoms. The Morgan fingerprint density at radius 1 is 1.56 bits per heavy atom. The molecule has 1 heterocycles. The first-order chi connectivity index (χ1) is 7.23. The van der Waals surface area contributed by atoms with Gasteiger partial charge in [0, 0.05) is 20.1 Å². The van der Waals surface area contributed by atoms with Gasteiger partial charge >= 0.3 is 6.18 Å². The third-order valence-electron chi connectivity index (χ3n) is 2.84. The zero-order valence-electron chi connectivity index (χ0n) is 9.17. The zero-order valence-corrected chi connectivity index (χ0v) is 9.17. The van der Waals surface area contributed by atoms with Crippen molar-refractivity contribution in [2.24, 2.45) is 5.73 Å². The zero-order chi connectivity index (χ0) is 12.6. The minimum atomic E-state index is -4.48. The van der Waals surface area contributed by atoms with Gasteiger partial charge in [0.05, 0.1) is 12.6 Å². The lowest BCUT2D eigenvalue weighted by Gasteiger charge is -2.30. The van der Waals surface area contributed by atoms with E-state index in [0.717, 1.165) is 12.0 Å². The highest BCUT2D eigenvalue weighted by molar-refractivity contribution is 5.81. The molecule has 7 heteroatoms. The van der Waals surface area contributed by atoms with Gasteiger partial charge in [-0.25, -0.2) is 0 Å². The molecule has 0 aromatic rings.